The number of oxazole rings is 1. The molecule has 0 atom stereocenters. The highest BCUT2D eigenvalue weighted by molar-refractivity contribution is 6.03. The molecule has 0 unspecified atom stereocenters. The van der Waals surface area contributed by atoms with Crippen LogP contribution in [0.4, 0.5) is 0 Å². The summed E-state index contributed by atoms with van der Waals surface area (Å²) in [7, 11) is 1.93. The van der Waals surface area contributed by atoms with Crippen LogP contribution in [-0.2, 0) is 6.42 Å². The first-order chi connectivity index (χ1) is 10.7. The molecule has 0 aliphatic carbocycles. The van der Waals surface area contributed by atoms with Gasteiger partial charge in [0.2, 0.25) is 5.89 Å². The molecule has 0 saturated heterocycles. The molecule has 0 aliphatic heterocycles. The Bertz CT molecular complexity index is 806. The predicted molar refractivity (Wildman–Crippen MR) is 85.6 cm³/mol. The zero-order valence-electron chi connectivity index (χ0n) is 12.3. The van der Waals surface area contributed by atoms with E-state index in [2.05, 4.69) is 22.4 Å². The third-order valence-corrected chi connectivity index (χ3v) is 3.55. The number of para-hydroxylation sites is 1. The van der Waals surface area contributed by atoms with Crippen LogP contribution < -0.4 is 11.1 Å². The van der Waals surface area contributed by atoms with Gasteiger partial charge in [0.1, 0.15) is 5.52 Å². The molecule has 3 rings (SSSR count). The fourth-order valence-corrected chi connectivity index (χ4v) is 2.35. The van der Waals surface area contributed by atoms with Crippen LogP contribution in [0.1, 0.15) is 15.9 Å². The number of aromatic nitrogens is 1. The summed E-state index contributed by atoms with van der Waals surface area (Å²) in [6.45, 7) is 0.935. The number of rotatable bonds is 5. The van der Waals surface area contributed by atoms with Crippen molar-refractivity contribution < 1.29 is 9.21 Å². The van der Waals surface area contributed by atoms with Gasteiger partial charge in [-0.15, -0.1) is 0 Å². The van der Waals surface area contributed by atoms with E-state index >= 15 is 0 Å². The fraction of sp³-hybridized carbons (Fsp3) is 0.176. The van der Waals surface area contributed by atoms with Gasteiger partial charge in [0.15, 0.2) is 5.58 Å². The Hall–Kier alpha value is -2.66. The van der Waals surface area contributed by atoms with Crippen molar-refractivity contribution in [3.05, 3.63) is 53.6 Å². The lowest BCUT2D eigenvalue weighted by molar-refractivity contribution is 0.100. The van der Waals surface area contributed by atoms with Gasteiger partial charge in [-0.25, -0.2) is 4.98 Å². The molecule has 3 N–H and O–H groups in total. The number of carbonyl (C=O) groups excluding carboxylic acids is 1. The van der Waals surface area contributed by atoms with Crippen molar-refractivity contribution in [2.24, 2.45) is 5.73 Å². The first kappa shape index (κ1) is 14.3. The molecule has 5 heteroatoms. The maximum atomic E-state index is 11.4. The summed E-state index contributed by atoms with van der Waals surface area (Å²) < 4.78 is 5.74. The average molecular weight is 295 g/mol. The SMILES string of the molecule is CNCCc1ccc(-c2nc3cccc(C(N)=O)c3o2)cc1. The molecular formula is C17H17N3O2. The topological polar surface area (TPSA) is 81.1 Å². The monoisotopic (exact) mass is 295 g/mol. The van der Waals surface area contributed by atoms with Gasteiger partial charge in [-0.1, -0.05) is 18.2 Å². The van der Waals surface area contributed by atoms with E-state index in [9.17, 15) is 4.79 Å². The van der Waals surface area contributed by atoms with Gasteiger partial charge in [0.25, 0.3) is 5.91 Å². The largest absolute Gasteiger partial charge is 0.435 e. The quantitative estimate of drug-likeness (QED) is 0.757. The number of hydrogen-bond donors (Lipinski definition) is 2. The first-order valence-corrected chi connectivity index (χ1v) is 7.12. The molecule has 0 bridgehead atoms. The van der Waals surface area contributed by atoms with Gasteiger partial charge in [-0.05, 0) is 49.8 Å². The van der Waals surface area contributed by atoms with E-state index < -0.39 is 5.91 Å². The Balaban J connectivity index is 1.96. The summed E-state index contributed by atoms with van der Waals surface area (Å²) >= 11 is 0. The molecule has 1 aromatic heterocycles. The Morgan fingerprint density at radius 3 is 2.68 bits per heavy atom. The minimum Gasteiger partial charge on any atom is -0.435 e. The van der Waals surface area contributed by atoms with Crippen molar-refractivity contribution in [3.8, 4) is 11.5 Å². The van der Waals surface area contributed by atoms with Crippen LogP contribution in [0.3, 0.4) is 0 Å². The van der Waals surface area contributed by atoms with E-state index in [1.165, 1.54) is 5.56 Å². The third-order valence-electron chi connectivity index (χ3n) is 3.55. The second kappa shape index (κ2) is 5.99. The summed E-state index contributed by atoms with van der Waals surface area (Å²) in [4.78, 5) is 15.9. The molecular weight excluding hydrogens is 278 g/mol. The van der Waals surface area contributed by atoms with Crippen LogP contribution in [0.2, 0.25) is 0 Å². The van der Waals surface area contributed by atoms with Crippen LogP contribution in [0, 0.1) is 0 Å². The third kappa shape index (κ3) is 2.71. The standard InChI is InChI=1S/C17H17N3O2/c1-19-10-9-11-5-7-12(8-6-11)17-20-14-4-2-3-13(16(18)21)15(14)22-17/h2-8,19H,9-10H2,1H3,(H2,18,21). The Labute approximate surface area is 128 Å². The lowest BCUT2D eigenvalue weighted by Gasteiger charge is -2.01. The maximum absolute atomic E-state index is 11.4. The number of primary amides is 1. The van der Waals surface area contributed by atoms with Gasteiger partial charge in [0, 0.05) is 5.56 Å². The van der Waals surface area contributed by atoms with E-state index in [1.54, 1.807) is 18.2 Å². The van der Waals surface area contributed by atoms with Crippen molar-refractivity contribution in [2.75, 3.05) is 13.6 Å². The Morgan fingerprint density at radius 1 is 1.23 bits per heavy atom. The number of hydrogen-bond acceptors (Lipinski definition) is 4. The number of benzene rings is 2. The highest BCUT2D eigenvalue weighted by atomic mass is 16.3. The summed E-state index contributed by atoms with van der Waals surface area (Å²) in [5.41, 5.74) is 8.89. The molecule has 3 aromatic rings. The molecule has 0 fully saturated rings. The minimum absolute atomic E-state index is 0.349. The van der Waals surface area contributed by atoms with Crippen LogP contribution >= 0.6 is 0 Å². The van der Waals surface area contributed by atoms with Gasteiger partial charge in [0.05, 0.1) is 5.56 Å². The van der Waals surface area contributed by atoms with Crippen molar-refractivity contribution in [3.63, 3.8) is 0 Å². The van der Waals surface area contributed by atoms with Crippen LogP contribution in [-0.4, -0.2) is 24.5 Å². The number of nitrogens with two attached hydrogens (primary N) is 1. The highest BCUT2D eigenvalue weighted by Crippen LogP contribution is 2.26. The summed E-state index contributed by atoms with van der Waals surface area (Å²) in [6.07, 6.45) is 0.968. The van der Waals surface area contributed by atoms with Crippen LogP contribution in [0.5, 0.6) is 0 Å². The Kier molecular flexibility index (Phi) is 3.89. The van der Waals surface area contributed by atoms with Gasteiger partial charge >= 0.3 is 0 Å². The van der Waals surface area contributed by atoms with Gasteiger partial charge in [-0.3, -0.25) is 4.79 Å². The lowest BCUT2D eigenvalue weighted by atomic mass is 10.1. The number of nitrogens with one attached hydrogen (secondary N) is 1. The molecule has 2 aromatic carbocycles. The van der Waals surface area contributed by atoms with Crippen molar-refractivity contribution >= 4 is 17.0 Å². The van der Waals surface area contributed by atoms with Gasteiger partial charge in [-0.2, -0.15) is 0 Å². The second-order valence-corrected chi connectivity index (χ2v) is 5.09. The fourth-order valence-electron chi connectivity index (χ4n) is 2.35. The number of carbonyl (C=O) groups is 1. The molecule has 22 heavy (non-hydrogen) atoms. The molecule has 0 spiro atoms. The van der Waals surface area contributed by atoms with E-state index in [0.29, 0.717) is 22.6 Å². The van der Waals surface area contributed by atoms with E-state index in [1.807, 2.05) is 19.2 Å². The van der Waals surface area contributed by atoms with Crippen LogP contribution in [0.15, 0.2) is 46.9 Å². The molecule has 0 aliphatic rings. The smallest absolute Gasteiger partial charge is 0.252 e. The number of fused-ring (bicyclic) bond motifs is 1. The van der Waals surface area contributed by atoms with E-state index in [0.717, 1.165) is 18.5 Å². The average Bonchev–Trinajstić information content (AvgIpc) is 2.97. The van der Waals surface area contributed by atoms with Crippen molar-refractivity contribution in [1.29, 1.82) is 0 Å². The molecule has 0 saturated carbocycles. The second-order valence-electron chi connectivity index (χ2n) is 5.09. The maximum Gasteiger partial charge on any atom is 0.252 e. The van der Waals surface area contributed by atoms with Crippen molar-refractivity contribution in [1.82, 2.24) is 10.3 Å². The van der Waals surface area contributed by atoms with Crippen molar-refractivity contribution in [2.45, 2.75) is 6.42 Å². The normalized spacial score (nSPS) is 11.0. The highest BCUT2D eigenvalue weighted by Gasteiger charge is 2.14. The Morgan fingerprint density at radius 2 is 2.00 bits per heavy atom. The minimum atomic E-state index is -0.518. The predicted octanol–water partition coefficient (Wildman–Crippen LogP) is 2.36. The summed E-state index contributed by atoms with van der Waals surface area (Å²) in [5.74, 6) is -0.0282. The summed E-state index contributed by atoms with van der Waals surface area (Å²) in [6, 6.07) is 13.2. The zero-order chi connectivity index (χ0) is 15.5. The van der Waals surface area contributed by atoms with Crippen LogP contribution in [0.25, 0.3) is 22.6 Å². The van der Waals surface area contributed by atoms with E-state index in [4.69, 9.17) is 10.2 Å². The van der Waals surface area contributed by atoms with E-state index in [-0.39, 0.29) is 0 Å². The number of amides is 1. The van der Waals surface area contributed by atoms with Gasteiger partial charge < -0.3 is 15.5 Å². The molecule has 1 heterocycles. The molecule has 0 radical (unpaired) electrons. The molecule has 1 amide bonds. The lowest BCUT2D eigenvalue weighted by Crippen LogP contribution is -2.10. The number of nitrogens with zero attached hydrogens (tertiary/aromatic N) is 1. The zero-order valence-corrected chi connectivity index (χ0v) is 12.3. The molecule has 5 nitrogen and oxygen atoms in total. The number of likely N-dealkylation sites (N-methyl/N-ethyl adjacent to an activating group) is 1. The molecule has 112 valence electrons. The first-order valence-electron chi connectivity index (χ1n) is 7.12. The summed E-state index contributed by atoms with van der Waals surface area (Å²) in [5, 5.41) is 3.12.